The summed E-state index contributed by atoms with van der Waals surface area (Å²) in [5, 5.41) is 12.3. The van der Waals surface area contributed by atoms with Gasteiger partial charge in [0.2, 0.25) is 0 Å². The van der Waals surface area contributed by atoms with Crippen molar-refractivity contribution in [2.45, 2.75) is 19.3 Å². The number of benzene rings is 3. The first-order valence-corrected chi connectivity index (χ1v) is 7.42. The van der Waals surface area contributed by atoms with E-state index in [1.54, 1.807) is 0 Å². The zero-order chi connectivity index (χ0) is 14.7. The van der Waals surface area contributed by atoms with Gasteiger partial charge in [-0.25, -0.2) is 0 Å². The first-order valence-electron chi connectivity index (χ1n) is 7.42. The van der Waals surface area contributed by atoms with Crippen molar-refractivity contribution in [2.24, 2.45) is 0 Å². The van der Waals surface area contributed by atoms with Crippen molar-refractivity contribution in [3.8, 4) is 0 Å². The van der Waals surface area contributed by atoms with Gasteiger partial charge in [0.15, 0.2) is 0 Å². The number of hydrogen-bond donors (Lipinski definition) is 1. The van der Waals surface area contributed by atoms with Gasteiger partial charge in [0.05, 0.1) is 6.61 Å². The largest absolute Gasteiger partial charge is 0.396 e. The Balaban J connectivity index is 1.96. The Kier molecular flexibility index (Phi) is 4.03. The number of aryl methyl sites for hydroxylation is 1. The zero-order valence-corrected chi connectivity index (χ0v) is 12.3. The van der Waals surface area contributed by atoms with Crippen LogP contribution in [0.25, 0.3) is 10.8 Å². The molecule has 0 aliphatic rings. The van der Waals surface area contributed by atoms with E-state index in [2.05, 4.69) is 73.7 Å². The number of aliphatic hydroxyl groups is 1. The van der Waals surface area contributed by atoms with Crippen LogP contribution < -0.4 is 0 Å². The lowest BCUT2D eigenvalue weighted by molar-refractivity contribution is 0.264. The zero-order valence-electron chi connectivity index (χ0n) is 12.3. The molecule has 0 fully saturated rings. The summed E-state index contributed by atoms with van der Waals surface area (Å²) in [6, 6.07) is 23.3. The lowest BCUT2D eigenvalue weighted by Gasteiger charge is -2.17. The van der Waals surface area contributed by atoms with E-state index in [0.717, 1.165) is 6.42 Å². The molecule has 0 heterocycles. The van der Waals surface area contributed by atoms with Gasteiger partial charge < -0.3 is 5.11 Å². The molecule has 3 aromatic rings. The number of aliphatic hydroxyl groups excluding tert-OH is 1. The second-order valence-electron chi connectivity index (χ2n) is 5.64. The first kappa shape index (κ1) is 13.8. The maximum Gasteiger partial charge on any atom is 0.0502 e. The summed E-state index contributed by atoms with van der Waals surface area (Å²) in [5.74, 6) is 0.149. The van der Waals surface area contributed by atoms with Crippen LogP contribution >= 0.6 is 0 Å². The third kappa shape index (κ3) is 2.98. The second-order valence-corrected chi connectivity index (χ2v) is 5.64. The molecule has 0 spiro atoms. The fourth-order valence-corrected chi connectivity index (χ4v) is 2.95. The fourth-order valence-electron chi connectivity index (χ4n) is 2.95. The van der Waals surface area contributed by atoms with Crippen LogP contribution in [0.4, 0.5) is 0 Å². The lowest BCUT2D eigenvalue weighted by atomic mass is 9.89. The lowest BCUT2D eigenvalue weighted by Crippen LogP contribution is -2.08. The molecule has 0 amide bonds. The molecule has 3 rings (SSSR count). The van der Waals surface area contributed by atoms with E-state index in [0.29, 0.717) is 0 Å². The molecule has 1 unspecified atom stereocenters. The van der Waals surface area contributed by atoms with Gasteiger partial charge in [-0.2, -0.15) is 0 Å². The fraction of sp³-hybridized carbons (Fsp3) is 0.200. The quantitative estimate of drug-likeness (QED) is 0.745. The molecular formula is C20H20O. The monoisotopic (exact) mass is 276 g/mol. The molecule has 0 saturated carbocycles. The first-order chi connectivity index (χ1) is 10.3. The van der Waals surface area contributed by atoms with Gasteiger partial charge in [-0.15, -0.1) is 0 Å². The Morgan fingerprint density at radius 3 is 2.48 bits per heavy atom. The predicted octanol–water partition coefficient (Wildman–Crippen LogP) is 4.47. The van der Waals surface area contributed by atoms with E-state index in [4.69, 9.17) is 0 Å². The summed E-state index contributed by atoms with van der Waals surface area (Å²) >= 11 is 0. The average Bonchev–Trinajstić information content (AvgIpc) is 2.52. The van der Waals surface area contributed by atoms with Crippen LogP contribution in [-0.2, 0) is 6.42 Å². The van der Waals surface area contributed by atoms with Crippen molar-refractivity contribution in [1.82, 2.24) is 0 Å². The van der Waals surface area contributed by atoms with Crippen LogP contribution in [0.1, 0.15) is 22.6 Å². The smallest absolute Gasteiger partial charge is 0.0502 e. The van der Waals surface area contributed by atoms with Crippen molar-refractivity contribution in [3.05, 3.63) is 83.4 Å². The Labute approximate surface area is 125 Å². The van der Waals surface area contributed by atoms with Gasteiger partial charge in [0, 0.05) is 5.92 Å². The molecule has 0 aliphatic heterocycles. The Morgan fingerprint density at radius 1 is 0.905 bits per heavy atom. The summed E-state index contributed by atoms with van der Waals surface area (Å²) in [6.07, 6.45) is 0.862. The summed E-state index contributed by atoms with van der Waals surface area (Å²) in [5.41, 5.74) is 3.75. The highest BCUT2D eigenvalue weighted by molar-refractivity contribution is 5.85. The Hall–Kier alpha value is -2.12. The average molecular weight is 276 g/mol. The summed E-state index contributed by atoms with van der Waals surface area (Å²) in [7, 11) is 0. The van der Waals surface area contributed by atoms with Crippen molar-refractivity contribution in [1.29, 1.82) is 0 Å². The molecule has 21 heavy (non-hydrogen) atoms. The minimum Gasteiger partial charge on any atom is -0.396 e. The Morgan fingerprint density at radius 2 is 1.67 bits per heavy atom. The van der Waals surface area contributed by atoms with Crippen molar-refractivity contribution < 1.29 is 5.11 Å². The third-order valence-electron chi connectivity index (χ3n) is 4.08. The van der Waals surface area contributed by atoms with Gasteiger partial charge in [-0.05, 0) is 35.2 Å². The highest BCUT2D eigenvalue weighted by Crippen LogP contribution is 2.26. The van der Waals surface area contributed by atoms with Crippen LogP contribution in [-0.4, -0.2) is 11.7 Å². The topological polar surface area (TPSA) is 20.2 Å². The molecule has 3 aromatic carbocycles. The van der Waals surface area contributed by atoms with Crippen LogP contribution in [0.5, 0.6) is 0 Å². The van der Waals surface area contributed by atoms with Gasteiger partial charge in [0.1, 0.15) is 0 Å². The maximum atomic E-state index is 9.80. The van der Waals surface area contributed by atoms with Crippen molar-refractivity contribution in [3.63, 3.8) is 0 Å². The normalized spacial score (nSPS) is 12.5. The molecule has 106 valence electrons. The van der Waals surface area contributed by atoms with E-state index in [1.165, 1.54) is 27.5 Å². The molecule has 0 radical (unpaired) electrons. The summed E-state index contributed by atoms with van der Waals surface area (Å²) in [4.78, 5) is 0. The van der Waals surface area contributed by atoms with E-state index < -0.39 is 0 Å². The minimum absolute atomic E-state index is 0.149. The number of hydrogen-bond acceptors (Lipinski definition) is 1. The number of rotatable bonds is 4. The molecule has 0 saturated heterocycles. The summed E-state index contributed by atoms with van der Waals surface area (Å²) in [6.45, 7) is 2.27. The van der Waals surface area contributed by atoms with Crippen molar-refractivity contribution in [2.75, 3.05) is 6.61 Å². The van der Waals surface area contributed by atoms with Gasteiger partial charge in [0.25, 0.3) is 0 Å². The van der Waals surface area contributed by atoms with E-state index >= 15 is 0 Å². The third-order valence-corrected chi connectivity index (χ3v) is 4.08. The van der Waals surface area contributed by atoms with Gasteiger partial charge in [-0.1, -0.05) is 72.3 Å². The van der Waals surface area contributed by atoms with Crippen LogP contribution in [0.2, 0.25) is 0 Å². The minimum atomic E-state index is 0.149. The standard InChI is InChI=1S/C20H20O/c1-15-6-4-9-17(12-15)19(14-21)13-18-10-5-8-16-7-2-3-11-20(16)18/h2-12,19,21H,13-14H2,1H3. The van der Waals surface area contributed by atoms with E-state index in [1.807, 2.05) is 0 Å². The number of fused-ring (bicyclic) bond motifs is 1. The molecule has 1 N–H and O–H groups in total. The maximum absolute atomic E-state index is 9.80. The van der Waals surface area contributed by atoms with Crippen LogP contribution in [0.3, 0.4) is 0 Å². The molecule has 0 aliphatic carbocycles. The van der Waals surface area contributed by atoms with Crippen LogP contribution in [0.15, 0.2) is 66.7 Å². The molecule has 1 heteroatoms. The SMILES string of the molecule is Cc1cccc(C(CO)Cc2cccc3ccccc23)c1. The predicted molar refractivity (Wildman–Crippen MR) is 88.7 cm³/mol. The molecule has 0 aromatic heterocycles. The Bertz CT molecular complexity index is 740. The van der Waals surface area contributed by atoms with E-state index in [9.17, 15) is 5.11 Å². The van der Waals surface area contributed by atoms with Gasteiger partial charge >= 0.3 is 0 Å². The van der Waals surface area contributed by atoms with Gasteiger partial charge in [-0.3, -0.25) is 0 Å². The van der Waals surface area contributed by atoms with Crippen molar-refractivity contribution >= 4 is 10.8 Å². The molecule has 1 atom stereocenters. The highest BCUT2D eigenvalue weighted by atomic mass is 16.3. The second kappa shape index (κ2) is 6.11. The molecule has 1 nitrogen and oxygen atoms in total. The summed E-state index contributed by atoms with van der Waals surface area (Å²) < 4.78 is 0. The van der Waals surface area contributed by atoms with Crippen LogP contribution in [0, 0.1) is 6.92 Å². The molecular weight excluding hydrogens is 256 g/mol. The van der Waals surface area contributed by atoms with E-state index in [-0.39, 0.29) is 12.5 Å². The molecule has 0 bridgehead atoms. The highest BCUT2D eigenvalue weighted by Gasteiger charge is 2.13.